The van der Waals surface area contributed by atoms with Crippen molar-refractivity contribution in [2.24, 2.45) is 5.92 Å². The number of aromatic nitrogens is 3. The van der Waals surface area contributed by atoms with Crippen LogP contribution in [0.1, 0.15) is 32.5 Å². The van der Waals surface area contributed by atoms with Crippen molar-refractivity contribution in [3.8, 4) is 5.88 Å². The molecule has 0 aliphatic rings. The molecule has 0 amide bonds. The normalized spacial score (nSPS) is 11.4. The molecule has 2 aromatic heterocycles. The van der Waals surface area contributed by atoms with Gasteiger partial charge in [-0.3, -0.25) is 0 Å². The number of ether oxygens (including phenoxy) is 1. The highest BCUT2D eigenvalue weighted by Gasteiger charge is 2.15. The Kier molecular flexibility index (Phi) is 5.24. The lowest BCUT2D eigenvalue weighted by Crippen LogP contribution is -2.13. The first-order chi connectivity index (χ1) is 9.73. The third-order valence-electron chi connectivity index (χ3n) is 3.77. The molecule has 0 fully saturated rings. The summed E-state index contributed by atoms with van der Waals surface area (Å²) >= 11 is 5.90. The van der Waals surface area contributed by atoms with Crippen molar-refractivity contribution in [2.75, 3.05) is 13.0 Å². The molecule has 2 aromatic rings. The van der Waals surface area contributed by atoms with Gasteiger partial charge < -0.3 is 9.30 Å². The van der Waals surface area contributed by atoms with E-state index in [0.29, 0.717) is 17.7 Å². The van der Waals surface area contributed by atoms with Crippen LogP contribution in [0.3, 0.4) is 0 Å². The molecule has 0 saturated heterocycles. The first-order valence-electron chi connectivity index (χ1n) is 7.19. The van der Waals surface area contributed by atoms with E-state index in [1.807, 2.05) is 12.1 Å². The zero-order chi connectivity index (χ0) is 14.5. The number of hydrogen-bond acceptors (Lipinski definition) is 3. The quantitative estimate of drug-likeness (QED) is 0.732. The summed E-state index contributed by atoms with van der Waals surface area (Å²) in [4.78, 5) is 9.21. The Morgan fingerprint density at radius 1 is 1.25 bits per heavy atom. The third-order valence-corrected chi connectivity index (χ3v) is 3.96. The number of hydrogen-bond donors (Lipinski definition) is 0. The summed E-state index contributed by atoms with van der Waals surface area (Å²) in [6.07, 6.45) is 3.07. The van der Waals surface area contributed by atoms with Crippen molar-refractivity contribution in [2.45, 2.75) is 39.7 Å². The SMILES string of the molecule is CCC(CC)Cn1c(CCCl)nc2ccc(OC)nc21. The Bertz CT molecular complexity index is 563. The van der Waals surface area contributed by atoms with Gasteiger partial charge in [0.2, 0.25) is 5.88 Å². The molecule has 5 heteroatoms. The lowest BCUT2D eigenvalue weighted by Gasteiger charge is -2.15. The van der Waals surface area contributed by atoms with Crippen molar-refractivity contribution in [1.82, 2.24) is 14.5 Å². The second-order valence-corrected chi connectivity index (χ2v) is 5.33. The molecule has 0 unspecified atom stereocenters. The molecular weight excluding hydrogens is 274 g/mol. The Balaban J connectivity index is 2.47. The lowest BCUT2D eigenvalue weighted by atomic mass is 10.0. The monoisotopic (exact) mass is 295 g/mol. The molecular formula is C15H22ClN3O. The van der Waals surface area contributed by atoms with E-state index in [-0.39, 0.29) is 0 Å². The zero-order valence-electron chi connectivity index (χ0n) is 12.4. The molecule has 0 bridgehead atoms. The highest BCUT2D eigenvalue weighted by Crippen LogP contribution is 2.22. The smallest absolute Gasteiger partial charge is 0.215 e. The number of rotatable bonds is 7. The molecule has 0 atom stereocenters. The van der Waals surface area contributed by atoms with Crippen molar-refractivity contribution in [1.29, 1.82) is 0 Å². The van der Waals surface area contributed by atoms with Crippen LogP contribution in [0, 0.1) is 5.92 Å². The van der Waals surface area contributed by atoms with Gasteiger partial charge in [-0.25, -0.2) is 4.98 Å². The fourth-order valence-electron chi connectivity index (χ4n) is 2.42. The van der Waals surface area contributed by atoms with E-state index in [2.05, 4.69) is 28.4 Å². The highest BCUT2D eigenvalue weighted by atomic mass is 35.5. The maximum atomic E-state index is 5.90. The summed E-state index contributed by atoms with van der Waals surface area (Å²) in [5.41, 5.74) is 1.81. The van der Waals surface area contributed by atoms with E-state index in [9.17, 15) is 0 Å². The van der Waals surface area contributed by atoms with Crippen LogP contribution >= 0.6 is 11.6 Å². The van der Waals surface area contributed by atoms with Gasteiger partial charge in [-0.15, -0.1) is 11.6 Å². The van der Waals surface area contributed by atoms with Crippen LogP contribution in [-0.2, 0) is 13.0 Å². The van der Waals surface area contributed by atoms with Crippen LogP contribution in [0.4, 0.5) is 0 Å². The van der Waals surface area contributed by atoms with Crippen LogP contribution in [0.15, 0.2) is 12.1 Å². The van der Waals surface area contributed by atoms with E-state index in [1.54, 1.807) is 7.11 Å². The van der Waals surface area contributed by atoms with Crippen LogP contribution in [-0.4, -0.2) is 27.5 Å². The third kappa shape index (κ3) is 3.06. The predicted molar refractivity (Wildman–Crippen MR) is 82.6 cm³/mol. The molecule has 0 aromatic carbocycles. The number of imidazole rings is 1. The Labute approximate surface area is 125 Å². The molecule has 0 saturated carbocycles. The largest absolute Gasteiger partial charge is 0.481 e. The van der Waals surface area contributed by atoms with Crippen LogP contribution < -0.4 is 4.74 Å². The highest BCUT2D eigenvalue weighted by molar-refractivity contribution is 6.17. The number of aryl methyl sites for hydroxylation is 1. The van der Waals surface area contributed by atoms with Gasteiger partial charge in [0, 0.05) is 24.9 Å². The number of nitrogens with zero attached hydrogens (tertiary/aromatic N) is 3. The number of alkyl halides is 1. The second-order valence-electron chi connectivity index (χ2n) is 4.96. The van der Waals surface area contributed by atoms with Crippen molar-refractivity contribution in [3.63, 3.8) is 0 Å². The molecule has 0 aliphatic carbocycles. The minimum Gasteiger partial charge on any atom is -0.481 e. The van der Waals surface area contributed by atoms with Crippen molar-refractivity contribution < 1.29 is 4.74 Å². The maximum absolute atomic E-state index is 5.90. The van der Waals surface area contributed by atoms with Crippen LogP contribution in [0.2, 0.25) is 0 Å². The van der Waals surface area contributed by atoms with E-state index >= 15 is 0 Å². The standard InChI is InChI=1S/C15H22ClN3O/c1-4-11(5-2)10-19-13(8-9-16)17-12-6-7-14(20-3)18-15(12)19/h6-7,11H,4-5,8-10H2,1-3H3. The van der Waals surface area contributed by atoms with Crippen molar-refractivity contribution in [3.05, 3.63) is 18.0 Å². The second kappa shape index (κ2) is 6.93. The Morgan fingerprint density at radius 3 is 2.60 bits per heavy atom. The zero-order valence-corrected chi connectivity index (χ0v) is 13.2. The average Bonchev–Trinajstić information content (AvgIpc) is 2.81. The van der Waals surface area contributed by atoms with Gasteiger partial charge in [-0.2, -0.15) is 4.98 Å². The van der Waals surface area contributed by atoms with Gasteiger partial charge in [0.05, 0.1) is 7.11 Å². The molecule has 0 spiro atoms. The van der Waals surface area contributed by atoms with Crippen LogP contribution in [0.25, 0.3) is 11.2 Å². The topological polar surface area (TPSA) is 39.9 Å². The predicted octanol–water partition coefficient (Wildman–Crippen LogP) is 3.66. The van der Waals surface area contributed by atoms with E-state index in [1.165, 1.54) is 0 Å². The first-order valence-corrected chi connectivity index (χ1v) is 7.73. The molecule has 2 heterocycles. The van der Waals surface area contributed by atoms with Crippen molar-refractivity contribution >= 4 is 22.8 Å². The minimum atomic E-state index is 0.573. The Hall–Kier alpha value is -1.29. The molecule has 0 aliphatic heterocycles. The summed E-state index contributed by atoms with van der Waals surface area (Å²) in [6.45, 7) is 5.39. The van der Waals surface area contributed by atoms with Gasteiger partial charge in [-0.05, 0) is 12.0 Å². The van der Waals surface area contributed by atoms with Crippen LogP contribution in [0.5, 0.6) is 5.88 Å². The fraction of sp³-hybridized carbons (Fsp3) is 0.600. The summed E-state index contributed by atoms with van der Waals surface area (Å²) in [6, 6.07) is 3.81. The Morgan fingerprint density at radius 2 is 2.00 bits per heavy atom. The minimum absolute atomic E-state index is 0.573. The van der Waals surface area contributed by atoms with Gasteiger partial charge in [0.1, 0.15) is 11.3 Å². The van der Waals surface area contributed by atoms with Gasteiger partial charge in [0.25, 0.3) is 0 Å². The summed E-state index contributed by atoms with van der Waals surface area (Å²) in [5, 5.41) is 0. The average molecular weight is 296 g/mol. The summed E-state index contributed by atoms with van der Waals surface area (Å²) in [7, 11) is 1.63. The molecule has 20 heavy (non-hydrogen) atoms. The molecule has 4 nitrogen and oxygen atoms in total. The first kappa shape index (κ1) is 15.1. The van der Waals surface area contributed by atoms with Gasteiger partial charge >= 0.3 is 0 Å². The molecule has 110 valence electrons. The summed E-state index contributed by atoms with van der Waals surface area (Å²) in [5.74, 6) is 2.85. The molecule has 2 rings (SSSR count). The maximum Gasteiger partial charge on any atom is 0.215 e. The van der Waals surface area contributed by atoms with Gasteiger partial charge in [0.15, 0.2) is 5.65 Å². The van der Waals surface area contributed by atoms with E-state index in [4.69, 9.17) is 16.3 Å². The van der Waals surface area contributed by atoms with E-state index < -0.39 is 0 Å². The van der Waals surface area contributed by atoms with Gasteiger partial charge in [-0.1, -0.05) is 26.7 Å². The summed E-state index contributed by atoms with van der Waals surface area (Å²) < 4.78 is 7.43. The van der Waals surface area contributed by atoms with E-state index in [0.717, 1.165) is 42.8 Å². The lowest BCUT2D eigenvalue weighted by molar-refractivity contribution is 0.395. The molecule has 0 radical (unpaired) electrons. The fourth-order valence-corrected chi connectivity index (χ4v) is 2.59. The number of halogens is 1. The molecule has 0 N–H and O–H groups in total. The number of fused-ring (bicyclic) bond motifs is 1. The number of pyridine rings is 1. The number of methoxy groups -OCH3 is 1.